The fraction of sp³-hybridized carbons (Fsp3) is 0.263. The van der Waals surface area contributed by atoms with Gasteiger partial charge in [0, 0.05) is 26.2 Å². The third kappa shape index (κ3) is 5.30. The van der Waals surface area contributed by atoms with E-state index in [-0.39, 0.29) is 11.3 Å². The number of sulfonamides is 1. The molecule has 150 valence electrons. The molecule has 0 saturated carbocycles. The summed E-state index contributed by atoms with van der Waals surface area (Å²) in [5.74, 6) is -0.500. The van der Waals surface area contributed by atoms with E-state index in [1.54, 1.807) is 19.1 Å². The molecule has 0 radical (unpaired) electrons. The van der Waals surface area contributed by atoms with Crippen LogP contribution in [0.25, 0.3) is 0 Å². The summed E-state index contributed by atoms with van der Waals surface area (Å²) in [6.07, 6.45) is 0.240. The number of amides is 3. The largest absolute Gasteiger partial charge is 0.352 e. The summed E-state index contributed by atoms with van der Waals surface area (Å²) in [5, 5.41) is 5.08. The van der Waals surface area contributed by atoms with Crippen molar-refractivity contribution in [2.75, 3.05) is 19.4 Å². The van der Waals surface area contributed by atoms with Crippen molar-refractivity contribution in [3.8, 4) is 0 Å². The van der Waals surface area contributed by atoms with E-state index in [0.29, 0.717) is 11.3 Å². The number of aryl methyl sites for hydroxylation is 1. The molecule has 0 aliphatic carbocycles. The zero-order valence-electron chi connectivity index (χ0n) is 16.0. The average molecular weight is 404 g/mol. The van der Waals surface area contributed by atoms with Gasteiger partial charge in [0.05, 0.1) is 4.90 Å². The number of rotatable bonds is 7. The van der Waals surface area contributed by atoms with Gasteiger partial charge in [-0.25, -0.2) is 17.5 Å². The molecule has 0 aliphatic heterocycles. The lowest BCUT2D eigenvalue weighted by molar-refractivity contribution is -0.117. The van der Waals surface area contributed by atoms with E-state index >= 15 is 0 Å². The van der Waals surface area contributed by atoms with Crippen LogP contribution in [0.1, 0.15) is 11.1 Å². The third-order valence-corrected chi connectivity index (χ3v) is 6.09. The van der Waals surface area contributed by atoms with Crippen molar-refractivity contribution < 1.29 is 18.0 Å². The Morgan fingerprint density at radius 1 is 1.11 bits per heavy atom. The SMILES string of the molecule is Cc1ccc(NC(=O)C(Cc2ccccc2)NC(N)=O)cc1S(=O)(=O)N(C)C. The monoisotopic (exact) mass is 404 g/mol. The summed E-state index contributed by atoms with van der Waals surface area (Å²) < 4.78 is 26.0. The van der Waals surface area contributed by atoms with Crippen molar-refractivity contribution >= 4 is 27.6 Å². The minimum Gasteiger partial charge on any atom is -0.352 e. The van der Waals surface area contributed by atoms with Gasteiger partial charge in [0.25, 0.3) is 0 Å². The van der Waals surface area contributed by atoms with Gasteiger partial charge in [-0.3, -0.25) is 4.79 Å². The number of carbonyl (C=O) groups is 2. The van der Waals surface area contributed by atoms with Crippen LogP contribution in [0.5, 0.6) is 0 Å². The third-order valence-electron chi connectivity index (χ3n) is 4.13. The zero-order chi connectivity index (χ0) is 20.9. The molecule has 2 aromatic carbocycles. The van der Waals surface area contributed by atoms with E-state index < -0.39 is 28.0 Å². The number of anilines is 1. The summed E-state index contributed by atoms with van der Waals surface area (Å²) in [6, 6.07) is 12.0. The molecule has 3 amide bonds. The van der Waals surface area contributed by atoms with Crippen LogP contribution in [0.4, 0.5) is 10.5 Å². The first-order chi connectivity index (χ1) is 13.1. The fourth-order valence-electron chi connectivity index (χ4n) is 2.61. The molecule has 8 nitrogen and oxygen atoms in total. The Hall–Kier alpha value is -2.91. The molecular formula is C19H24N4O4S. The number of nitrogens with zero attached hydrogens (tertiary/aromatic N) is 1. The number of nitrogens with two attached hydrogens (primary N) is 1. The van der Waals surface area contributed by atoms with Crippen molar-refractivity contribution in [1.82, 2.24) is 9.62 Å². The highest BCUT2D eigenvalue weighted by Gasteiger charge is 2.23. The number of benzene rings is 2. The van der Waals surface area contributed by atoms with Gasteiger partial charge in [-0.1, -0.05) is 36.4 Å². The normalized spacial score (nSPS) is 12.4. The molecule has 28 heavy (non-hydrogen) atoms. The van der Waals surface area contributed by atoms with Crippen molar-refractivity contribution in [2.45, 2.75) is 24.3 Å². The second-order valence-electron chi connectivity index (χ2n) is 6.51. The van der Waals surface area contributed by atoms with Crippen LogP contribution in [0.3, 0.4) is 0 Å². The Balaban J connectivity index is 2.26. The van der Waals surface area contributed by atoms with E-state index in [0.717, 1.165) is 9.87 Å². The maximum Gasteiger partial charge on any atom is 0.312 e. The van der Waals surface area contributed by atoms with E-state index in [1.807, 2.05) is 30.3 Å². The maximum absolute atomic E-state index is 12.7. The Morgan fingerprint density at radius 3 is 2.32 bits per heavy atom. The van der Waals surface area contributed by atoms with Crippen LogP contribution in [0.2, 0.25) is 0 Å². The van der Waals surface area contributed by atoms with Gasteiger partial charge < -0.3 is 16.4 Å². The number of carbonyl (C=O) groups excluding carboxylic acids is 2. The first-order valence-corrected chi connectivity index (χ1v) is 9.99. The standard InChI is InChI=1S/C19H24N4O4S/c1-13-9-10-15(12-17(13)28(26,27)23(2)3)21-18(24)16(22-19(20)25)11-14-7-5-4-6-8-14/h4-10,12,16H,11H2,1-3H3,(H,21,24)(H3,20,22,25). The second-order valence-corrected chi connectivity index (χ2v) is 8.63. The van der Waals surface area contributed by atoms with Gasteiger partial charge in [-0.05, 0) is 30.2 Å². The molecule has 0 spiro atoms. The lowest BCUT2D eigenvalue weighted by atomic mass is 10.1. The van der Waals surface area contributed by atoms with Crippen molar-refractivity contribution in [1.29, 1.82) is 0 Å². The summed E-state index contributed by atoms with van der Waals surface area (Å²) in [6.45, 7) is 1.68. The van der Waals surface area contributed by atoms with E-state index in [2.05, 4.69) is 10.6 Å². The van der Waals surface area contributed by atoms with Crippen LogP contribution in [0.15, 0.2) is 53.4 Å². The quantitative estimate of drug-likeness (QED) is 0.647. The van der Waals surface area contributed by atoms with E-state index in [1.165, 1.54) is 20.2 Å². The number of hydrogen-bond donors (Lipinski definition) is 3. The number of nitrogens with one attached hydrogen (secondary N) is 2. The predicted molar refractivity (Wildman–Crippen MR) is 107 cm³/mol. The summed E-state index contributed by atoms with van der Waals surface area (Å²) in [5.41, 5.74) is 6.91. The average Bonchev–Trinajstić information content (AvgIpc) is 2.63. The smallest absolute Gasteiger partial charge is 0.312 e. The van der Waals surface area contributed by atoms with Crippen molar-refractivity contribution in [2.24, 2.45) is 5.73 Å². The lowest BCUT2D eigenvalue weighted by Crippen LogP contribution is -2.47. The molecule has 1 unspecified atom stereocenters. The Labute approximate surface area is 164 Å². The molecule has 0 aliphatic rings. The maximum atomic E-state index is 12.7. The zero-order valence-corrected chi connectivity index (χ0v) is 16.8. The van der Waals surface area contributed by atoms with Crippen LogP contribution in [0, 0.1) is 6.92 Å². The highest BCUT2D eigenvalue weighted by molar-refractivity contribution is 7.89. The highest BCUT2D eigenvalue weighted by Crippen LogP contribution is 2.22. The molecule has 0 fully saturated rings. The van der Waals surface area contributed by atoms with Gasteiger partial charge in [0.2, 0.25) is 15.9 Å². The van der Waals surface area contributed by atoms with Crippen molar-refractivity contribution in [3.63, 3.8) is 0 Å². The summed E-state index contributed by atoms with van der Waals surface area (Å²) in [4.78, 5) is 24.1. The molecule has 2 rings (SSSR count). The van der Waals surface area contributed by atoms with Crippen LogP contribution in [-0.2, 0) is 21.2 Å². The molecule has 0 heterocycles. The van der Waals surface area contributed by atoms with Gasteiger partial charge in [0.1, 0.15) is 6.04 Å². The summed E-state index contributed by atoms with van der Waals surface area (Å²) in [7, 11) is -0.787. The number of urea groups is 1. The Morgan fingerprint density at radius 2 is 1.75 bits per heavy atom. The number of hydrogen-bond acceptors (Lipinski definition) is 4. The first-order valence-electron chi connectivity index (χ1n) is 8.55. The first kappa shape index (κ1) is 21.4. The van der Waals surface area contributed by atoms with E-state index in [4.69, 9.17) is 5.73 Å². The molecule has 9 heteroatoms. The Bertz CT molecular complexity index is 959. The van der Waals surface area contributed by atoms with Crippen LogP contribution >= 0.6 is 0 Å². The van der Waals surface area contributed by atoms with Gasteiger partial charge >= 0.3 is 6.03 Å². The van der Waals surface area contributed by atoms with E-state index in [9.17, 15) is 18.0 Å². The fourth-order valence-corrected chi connectivity index (χ4v) is 3.76. The van der Waals surface area contributed by atoms with Gasteiger partial charge in [-0.2, -0.15) is 0 Å². The molecule has 0 saturated heterocycles. The Kier molecular flexibility index (Phi) is 6.76. The molecule has 1 atom stereocenters. The van der Waals surface area contributed by atoms with Crippen molar-refractivity contribution in [3.05, 3.63) is 59.7 Å². The van der Waals surface area contributed by atoms with Crippen LogP contribution in [-0.4, -0.2) is 44.8 Å². The summed E-state index contributed by atoms with van der Waals surface area (Å²) >= 11 is 0. The molecule has 2 aromatic rings. The van der Waals surface area contributed by atoms with Crippen LogP contribution < -0.4 is 16.4 Å². The second kappa shape index (κ2) is 8.85. The molecule has 4 N–H and O–H groups in total. The minimum absolute atomic E-state index is 0.0952. The minimum atomic E-state index is -3.66. The van der Waals surface area contributed by atoms with Gasteiger partial charge in [0.15, 0.2) is 0 Å². The molecule has 0 bridgehead atoms. The highest BCUT2D eigenvalue weighted by atomic mass is 32.2. The molecular weight excluding hydrogens is 380 g/mol. The predicted octanol–water partition coefficient (Wildman–Crippen LogP) is 1.46. The van der Waals surface area contributed by atoms with Gasteiger partial charge in [-0.15, -0.1) is 0 Å². The lowest BCUT2D eigenvalue weighted by Gasteiger charge is -2.19. The molecule has 0 aromatic heterocycles. The topological polar surface area (TPSA) is 122 Å². The number of primary amides is 1.